The zero-order valence-electron chi connectivity index (χ0n) is 11.3. The van der Waals surface area contributed by atoms with Crippen molar-refractivity contribution in [3.05, 3.63) is 0 Å². The number of carbonyl (C=O) groups is 2. The van der Waals surface area contributed by atoms with Crippen LogP contribution in [0.2, 0.25) is 0 Å². The first kappa shape index (κ1) is 14.1. The molecule has 0 aromatic rings. The Morgan fingerprint density at radius 1 is 1.41 bits per heavy atom. The number of nitrogens with zero attached hydrogens (tertiary/aromatic N) is 1. The molecule has 1 atom stereocenters. The normalized spacial score (nSPS) is 23.4. The third-order valence-corrected chi connectivity index (χ3v) is 3.44. The Morgan fingerprint density at radius 3 is 2.35 bits per heavy atom. The second-order valence-electron chi connectivity index (χ2n) is 6.18. The van der Waals surface area contributed by atoms with Gasteiger partial charge in [0.25, 0.3) is 0 Å². The molecule has 0 aliphatic carbocycles. The van der Waals surface area contributed by atoms with Crippen molar-refractivity contribution in [3.63, 3.8) is 0 Å². The molecule has 1 rings (SSSR count). The van der Waals surface area contributed by atoms with E-state index in [1.807, 2.05) is 18.7 Å². The van der Waals surface area contributed by atoms with Crippen LogP contribution in [0, 0.1) is 5.41 Å². The standard InChI is InChI=1S/C12H23N3O2/c1-11(2,3)8(6-13)15-7-9(16)14-10(17)12(15,4)5/h8H,6-7,13H2,1-5H3,(H,14,16,17). The summed E-state index contributed by atoms with van der Waals surface area (Å²) in [5.41, 5.74) is 5.03. The van der Waals surface area contributed by atoms with Crippen molar-refractivity contribution in [3.8, 4) is 0 Å². The van der Waals surface area contributed by atoms with Gasteiger partial charge in [-0.1, -0.05) is 20.8 Å². The van der Waals surface area contributed by atoms with Crippen LogP contribution in [0.3, 0.4) is 0 Å². The number of nitrogens with two attached hydrogens (primary N) is 1. The summed E-state index contributed by atoms with van der Waals surface area (Å²) in [7, 11) is 0. The van der Waals surface area contributed by atoms with E-state index < -0.39 is 5.54 Å². The molecule has 2 amide bonds. The second kappa shape index (κ2) is 4.38. The monoisotopic (exact) mass is 241 g/mol. The summed E-state index contributed by atoms with van der Waals surface area (Å²) in [5, 5.41) is 2.37. The zero-order valence-corrected chi connectivity index (χ0v) is 11.3. The Labute approximate surface area is 103 Å². The van der Waals surface area contributed by atoms with Gasteiger partial charge in [0.05, 0.1) is 12.1 Å². The zero-order chi connectivity index (χ0) is 13.4. The number of nitrogens with one attached hydrogen (secondary N) is 1. The van der Waals surface area contributed by atoms with Gasteiger partial charge in [-0.25, -0.2) is 0 Å². The highest BCUT2D eigenvalue weighted by Crippen LogP contribution is 2.30. The molecule has 1 unspecified atom stereocenters. The lowest BCUT2D eigenvalue weighted by Gasteiger charge is -2.48. The first-order valence-corrected chi connectivity index (χ1v) is 5.92. The predicted molar refractivity (Wildman–Crippen MR) is 66.2 cm³/mol. The molecule has 0 saturated carbocycles. The molecule has 1 fully saturated rings. The van der Waals surface area contributed by atoms with Crippen LogP contribution in [0.25, 0.3) is 0 Å². The molecule has 1 heterocycles. The highest BCUT2D eigenvalue weighted by atomic mass is 16.2. The minimum absolute atomic E-state index is 0.00694. The minimum atomic E-state index is -0.703. The highest BCUT2D eigenvalue weighted by Gasteiger charge is 2.46. The molecular formula is C12H23N3O2. The van der Waals surface area contributed by atoms with Crippen molar-refractivity contribution in [2.75, 3.05) is 13.1 Å². The Morgan fingerprint density at radius 2 is 1.94 bits per heavy atom. The summed E-state index contributed by atoms with van der Waals surface area (Å²) in [6.45, 7) is 10.5. The highest BCUT2D eigenvalue weighted by molar-refractivity contribution is 6.03. The van der Waals surface area contributed by atoms with Gasteiger partial charge in [0.15, 0.2) is 0 Å². The summed E-state index contributed by atoms with van der Waals surface area (Å²) < 4.78 is 0. The third kappa shape index (κ3) is 2.66. The second-order valence-corrected chi connectivity index (χ2v) is 6.18. The number of hydrogen-bond donors (Lipinski definition) is 2. The van der Waals surface area contributed by atoms with Crippen molar-refractivity contribution >= 4 is 11.8 Å². The van der Waals surface area contributed by atoms with E-state index >= 15 is 0 Å². The van der Waals surface area contributed by atoms with Crippen LogP contribution in [-0.2, 0) is 9.59 Å². The molecule has 1 aliphatic heterocycles. The van der Waals surface area contributed by atoms with E-state index in [-0.39, 0.29) is 29.8 Å². The molecule has 0 spiro atoms. The fourth-order valence-corrected chi connectivity index (χ4v) is 2.25. The average molecular weight is 241 g/mol. The molecule has 1 saturated heterocycles. The van der Waals surface area contributed by atoms with Gasteiger partial charge in [0, 0.05) is 12.6 Å². The van der Waals surface area contributed by atoms with Crippen LogP contribution in [0.4, 0.5) is 0 Å². The fraction of sp³-hybridized carbons (Fsp3) is 0.833. The Bertz CT molecular complexity index is 331. The topological polar surface area (TPSA) is 75.4 Å². The van der Waals surface area contributed by atoms with Crippen LogP contribution in [0.15, 0.2) is 0 Å². The third-order valence-electron chi connectivity index (χ3n) is 3.44. The molecule has 98 valence electrons. The van der Waals surface area contributed by atoms with Gasteiger partial charge in [-0.2, -0.15) is 0 Å². The van der Waals surface area contributed by atoms with Gasteiger partial charge < -0.3 is 5.73 Å². The van der Waals surface area contributed by atoms with E-state index in [0.29, 0.717) is 6.54 Å². The maximum absolute atomic E-state index is 11.9. The SMILES string of the molecule is CC(C)(C)C(CN)N1CC(=O)NC(=O)C1(C)C. The molecule has 0 radical (unpaired) electrons. The summed E-state index contributed by atoms with van der Waals surface area (Å²) in [6, 6.07) is -0.00694. The number of imide groups is 1. The lowest BCUT2D eigenvalue weighted by molar-refractivity contribution is -0.149. The quantitative estimate of drug-likeness (QED) is 0.672. The average Bonchev–Trinajstić information content (AvgIpc) is 2.12. The molecule has 3 N–H and O–H groups in total. The van der Waals surface area contributed by atoms with Gasteiger partial charge in [-0.3, -0.25) is 19.8 Å². The van der Waals surface area contributed by atoms with E-state index in [0.717, 1.165) is 0 Å². The molecule has 1 aliphatic rings. The summed E-state index contributed by atoms with van der Waals surface area (Å²) in [5.74, 6) is -0.506. The minimum Gasteiger partial charge on any atom is -0.329 e. The first-order chi connectivity index (χ1) is 7.60. The Kier molecular flexibility index (Phi) is 3.64. The van der Waals surface area contributed by atoms with E-state index in [9.17, 15) is 9.59 Å². The van der Waals surface area contributed by atoms with Crippen LogP contribution in [-0.4, -0.2) is 41.4 Å². The lowest BCUT2D eigenvalue weighted by atomic mass is 9.82. The number of piperazine rings is 1. The smallest absolute Gasteiger partial charge is 0.246 e. The fourth-order valence-electron chi connectivity index (χ4n) is 2.25. The maximum Gasteiger partial charge on any atom is 0.246 e. The van der Waals surface area contributed by atoms with Gasteiger partial charge >= 0.3 is 0 Å². The summed E-state index contributed by atoms with van der Waals surface area (Å²) in [6.07, 6.45) is 0. The molecular weight excluding hydrogens is 218 g/mol. The van der Waals surface area contributed by atoms with Crippen molar-refractivity contribution < 1.29 is 9.59 Å². The van der Waals surface area contributed by atoms with Crippen LogP contribution < -0.4 is 11.1 Å². The lowest BCUT2D eigenvalue weighted by Crippen LogP contribution is -2.69. The number of amides is 2. The van der Waals surface area contributed by atoms with Crippen molar-refractivity contribution in [2.45, 2.75) is 46.2 Å². The van der Waals surface area contributed by atoms with Gasteiger partial charge in [-0.15, -0.1) is 0 Å². The van der Waals surface area contributed by atoms with E-state index in [4.69, 9.17) is 5.73 Å². The molecule has 5 heteroatoms. The maximum atomic E-state index is 11.9. The van der Waals surface area contributed by atoms with E-state index in [1.54, 1.807) is 0 Å². The summed E-state index contributed by atoms with van der Waals surface area (Å²) in [4.78, 5) is 25.3. The van der Waals surface area contributed by atoms with Crippen LogP contribution in [0.1, 0.15) is 34.6 Å². The molecule has 0 aromatic carbocycles. The Hall–Kier alpha value is -0.940. The molecule has 5 nitrogen and oxygen atoms in total. The van der Waals surface area contributed by atoms with E-state index in [1.165, 1.54) is 0 Å². The van der Waals surface area contributed by atoms with Crippen molar-refractivity contribution in [1.82, 2.24) is 10.2 Å². The largest absolute Gasteiger partial charge is 0.329 e. The molecule has 0 bridgehead atoms. The van der Waals surface area contributed by atoms with Crippen LogP contribution >= 0.6 is 0 Å². The Balaban J connectivity index is 3.08. The van der Waals surface area contributed by atoms with Gasteiger partial charge in [0.2, 0.25) is 11.8 Å². The summed E-state index contributed by atoms with van der Waals surface area (Å²) >= 11 is 0. The molecule has 0 aromatic heterocycles. The number of rotatable bonds is 2. The molecule has 17 heavy (non-hydrogen) atoms. The first-order valence-electron chi connectivity index (χ1n) is 5.92. The van der Waals surface area contributed by atoms with Gasteiger partial charge in [0.1, 0.15) is 0 Å². The van der Waals surface area contributed by atoms with Crippen molar-refractivity contribution in [2.24, 2.45) is 11.1 Å². The van der Waals surface area contributed by atoms with E-state index in [2.05, 4.69) is 26.1 Å². The van der Waals surface area contributed by atoms with Crippen molar-refractivity contribution in [1.29, 1.82) is 0 Å². The van der Waals surface area contributed by atoms with Gasteiger partial charge in [-0.05, 0) is 19.3 Å². The van der Waals surface area contributed by atoms with Crippen LogP contribution in [0.5, 0.6) is 0 Å². The number of carbonyl (C=O) groups excluding carboxylic acids is 2. The predicted octanol–water partition coefficient (Wildman–Crippen LogP) is 0.0968. The number of hydrogen-bond acceptors (Lipinski definition) is 4.